The lowest BCUT2D eigenvalue weighted by Gasteiger charge is -2.19. The second-order valence-electron chi connectivity index (χ2n) is 7.23. The van der Waals surface area contributed by atoms with Crippen molar-refractivity contribution in [1.29, 1.82) is 0 Å². The summed E-state index contributed by atoms with van der Waals surface area (Å²) in [5.41, 5.74) is 1.27. The first-order valence-electron chi connectivity index (χ1n) is 8.89. The summed E-state index contributed by atoms with van der Waals surface area (Å²) in [6.45, 7) is -0.0164. The van der Waals surface area contributed by atoms with Crippen molar-refractivity contribution in [2.24, 2.45) is 5.41 Å². The van der Waals surface area contributed by atoms with Crippen LogP contribution in [0.5, 0.6) is 11.9 Å². The number of anilines is 1. The minimum Gasteiger partial charge on any atom is -0.480 e. The molecule has 10 heteroatoms. The smallest absolute Gasteiger partial charge is 0.319 e. The second-order valence-corrected chi connectivity index (χ2v) is 7.23. The molecule has 1 saturated carbocycles. The molecule has 0 atom stereocenters. The van der Waals surface area contributed by atoms with Crippen LogP contribution >= 0.6 is 0 Å². The van der Waals surface area contributed by atoms with Crippen molar-refractivity contribution in [2.45, 2.75) is 18.8 Å². The van der Waals surface area contributed by atoms with Gasteiger partial charge in [0.05, 0.1) is 37.4 Å². The van der Waals surface area contributed by atoms with Gasteiger partial charge < -0.3 is 14.4 Å². The van der Waals surface area contributed by atoms with Crippen molar-refractivity contribution in [3.05, 3.63) is 24.7 Å². The largest absolute Gasteiger partial charge is 0.480 e. The Bertz CT molecular complexity index is 1060. The number of rotatable bonds is 4. The van der Waals surface area contributed by atoms with E-state index >= 15 is 0 Å². The third-order valence-corrected chi connectivity index (χ3v) is 5.58. The van der Waals surface area contributed by atoms with Crippen LogP contribution in [0.3, 0.4) is 0 Å². The van der Waals surface area contributed by atoms with Crippen molar-refractivity contribution < 1.29 is 18.3 Å². The fourth-order valence-electron chi connectivity index (χ4n) is 3.83. The Kier molecular flexibility index (Phi) is 3.49. The molecule has 1 aliphatic heterocycles. The summed E-state index contributed by atoms with van der Waals surface area (Å²) in [5.74, 6) is -2.42. The molecule has 146 valence electrons. The molecule has 1 aliphatic carbocycles. The van der Waals surface area contributed by atoms with Crippen LogP contribution in [-0.4, -0.2) is 57.8 Å². The fourth-order valence-corrected chi connectivity index (χ4v) is 3.83. The van der Waals surface area contributed by atoms with Gasteiger partial charge in [-0.05, 0) is 18.9 Å². The lowest BCUT2D eigenvalue weighted by molar-refractivity contribution is -0.0334. The van der Waals surface area contributed by atoms with Gasteiger partial charge in [0, 0.05) is 25.1 Å². The van der Waals surface area contributed by atoms with Gasteiger partial charge in [0.25, 0.3) is 5.92 Å². The lowest BCUT2D eigenvalue weighted by Crippen LogP contribution is -2.28. The van der Waals surface area contributed by atoms with Gasteiger partial charge in [-0.1, -0.05) is 0 Å². The number of hydrogen-bond donors (Lipinski definition) is 0. The van der Waals surface area contributed by atoms with Gasteiger partial charge in [-0.2, -0.15) is 10.1 Å². The Balaban J connectivity index is 1.63. The van der Waals surface area contributed by atoms with Gasteiger partial charge >= 0.3 is 6.01 Å². The summed E-state index contributed by atoms with van der Waals surface area (Å²) in [4.78, 5) is 14.3. The first-order chi connectivity index (χ1) is 13.5. The minimum atomic E-state index is -2.71. The molecule has 0 aromatic carbocycles. The second kappa shape index (κ2) is 5.73. The monoisotopic (exact) mass is 388 g/mol. The van der Waals surface area contributed by atoms with Gasteiger partial charge in [0.1, 0.15) is 5.69 Å². The predicted octanol–water partition coefficient (Wildman–Crippen LogP) is 2.44. The molecule has 0 amide bonds. The maximum atomic E-state index is 14.5. The van der Waals surface area contributed by atoms with Crippen LogP contribution < -0.4 is 14.4 Å². The molecule has 1 spiro atoms. The topological polar surface area (TPSA) is 77.7 Å². The summed E-state index contributed by atoms with van der Waals surface area (Å²) < 4.78 is 41.0. The first kappa shape index (κ1) is 17.1. The van der Waals surface area contributed by atoms with Gasteiger partial charge in [-0.25, -0.2) is 23.3 Å². The first-order valence-corrected chi connectivity index (χ1v) is 8.89. The van der Waals surface area contributed by atoms with E-state index in [0.29, 0.717) is 42.0 Å². The molecule has 3 aromatic rings. The average molecular weight is 388 g/mol. The molecule has 2 aliphatic rings. The van der Waals surface area contributed by atoms with Crippen LogP contribution in [0, 0.1) is 5.41 Å². The van der Waals surface area contributed by atoms with Crippen LogP contribution in [0.1, 0.15) is 12.8 Å². The van der Waals surface area contributed by atoms with Crippen molar-refractivity contribution in [3.8, 4) is 23.1 Å². The van der Waals surface area contributed by atoms with E-state index in [9.17, 15) is 8.78 Å². The fraction of sp³-hybridized carbons (Fsp3) is 0.444. The SMILES string of the molecule is COc1ncc(-c2cc(N3CC(F)(F)C4(CC4)C3)c3nccn3n2)c(OC)n1. The number of imidazole rings is 1. The van der Waals surface area contributed by atoms with Gasteiger partial charge in [-0.15, -0.1) is 0 Å². The molecule has 28 heavy (non-hydrogen) atoms. The highest BCUT2D eigenvalue weighted by Gasteiger charge is 2.67. The van der Waals surface area contributed by atoms with Gasteiger partial charge in [0.2, 0.25) is 5.88 Å². The molecule has 3 aromatic heterocycles. The quantitative estimate of drug-likeness (QED) is 0.679. The van der Waals surface area contributed by atoms with E-state index in [0.717, 1.165) is 0 Å². The third-order valence-electron chi connectivity index (χ3n) is 5.58. The number of hydrogen-bond acceptors (Lipinski definition) is 7. The number of alkyl halides is 2. The Morgan fingerprint density at radius 3 is 2.61 bits per heavy atom. The van der Waals surface area contributed by atoms with Crippen molar-refractivity contribution in [2.75, 3.05) is 32.2 Å². The van der Waals surface area contributed by atoms with Crippen molar-refractivity contribution in [3.63, 3.8) is 0 Å². The number of aromatic nitrogens is 5. The summed E-state index contributed by atoms with van der Waals surface area (Å²) in [5, 5.41) is 4.53. The van der Waals surface area contributed by atoms with Crippen LogP contribution in [0.4, 0.5) is 14.5 Å². The number of halogens is 2. The third kappa shape index (κ3) is 2.40. The van der Waals surface area contributed by atoms with E-state index in [1.165, 1.54) is 14.2 Å². The Morgan fingerprint density at radius 1 is 1.11 bits per heavy atom. The van der Waals surface area contributed by atoms with Crippen LogP contribution in [0.2, 0.25) is 0 Å². The molecule has 0 N–H and O–H groups in total. The summed E-state index contributed by atoms with van der Waals surface area (Å²) in [7, 11) is 2.95. The standard InChI is InChI=1S/C18H18F2N6O2/c1-27-15-11(8-22-16(23-15)28-2)12-7-13(14-21-5-6-26(14)24-12)25-9-17(3-4-17)18(19,20)10-25/h5-8H,3-4,9-10H2,1-2H3. The average Bonchev–Trinajstić information content (AvgIpc) is 3.25. The Labute approximate surface area is 159 Å². The Hall–Kier alpha value is -3.04. The molecule has 1 saturated heterocycles. The van der Waals surface area contributed by atoms with E-state index < -0.39 is 11.3 Å². The molecule has 5 rings (SSSR count). The zero-order valence-corrected chi connectivity index (χ0v) is 15.4. The van der Waals surface area contributed by atoms with Crippen LogP contribution in [0.15, 0.2) is 24.7 Å². The zero-order valence-electron chi connectivity index (χ0n) is 15.4. The summed E-state index contributed by atoms with van der Waals surface area (Å²) in [6, 6.07) is 1.91. The maximum absolute atomic E-state index is 14.5. The number of ether oxygens (including phenoxy) is 2. The normalized spacial score (nSPS) is 19.4. The highest BCUT2D eigenvalue weighted by atomic mass is 19.3. The van der Waals surface area contributed by atoms with E-state index in [1.54, 1.807) is 34.1 Å². The molecule has 2 fully saturated rings. The highest BCUT2D eigenvalue weighted by molar-refractivity contribution is 5.76. The lowest BCUT2D eigenvalue weighted by atomic mass is 10.0. The van der Waals surface area contributed by atoms with Crippen LogP contribution in [-0.2, 0) is 0 Å². The molecule has 0 bridgehead atoms. The number of nitrogens with zero attached hydrogens (tertiary/aromatic N) is 6. The number of methoxy groups -OCH3 is 2. The van der Waals surface area contributed by atoms with Crippen molar-refractivity contribution >= 4 is 11.3 Å². The van der Waals surface area contributed by atoms with Gasteiger partial charge in [0.15, 0.2) is 5.65 Å². The summed E-state index contributed by atoms with van der Waals surface area (Å²) >= 11 is 0. The highest BCUT2D eigenvalue weighted by Crippen LogP contribution is 2.61. The van der Waals surface area contributed by atoms with Crippen LogP contribution in [0.25, 0.3) is 16.9 Å². The predicted molar refractivity (Wildman–Crippen MR) is 95.9 cm³/mol. The molecule has 8 nitrogen and oxygen atoms in total. The molecule has 4 heterocycles. The molecular formula is C18H18F2N6O2. The van der Waals surface area contributed by atoms with E-state index in [2.05, 4.69) is 20.1 Å². The zero-order chi connectivity index (χ0) is 19.5. The minimum absolute atomic E-state index is 0.166. The van der Waals surface area contributed by atoms with E-state index in [-0.39, 0.29) is 18.4 Å². The van der Waals surface area contributed by atoms with Gasteiger partial charge in [-0.3, -0.25) is 0 Å². The molecule has 0 unspecified atom stereocenters. The van der Waals surface area contributed by atoms with E-state index in [4.69, 9.17) is 9.47 Å². The maximum Gasteiger partial charge on any atom is 0.319 e. The molecule has 0 radical (unpaired) electrons. The Morgan fingerprint density at radius 2 is 1.93 bits per heavy atom. The summed E-state index contributed by atoms with van der Waals surface area (Å²) in [6.07, 6.45) is 5.93. The number of fused-ring (bicyclic) bond motifs is 1. The van der Waals surface area contributed by atoms with E-state index in [1.807, 2.05) is 0 Å². The van der Waals surface area contributed by atoms with Crippen molar-refractivity contribution in [1.82, 2.24) is 24.6 Å². The molecular weight excluding hydrogens is 370 g/mol.